The number of hydrogen-bond donors (Lipinski definition) is 0. The predicted molar refractivity (Wildman–Crippen MR) is 65.9 cm³/mol. The van der Waals surface area contributed by atoms with Crippen molar-refractivity contribution in [3.05, 3.63) is 5.82 Å². The van der Waals surface area contributed by atoms with E-state index in [1.165, 1.54) is 11.5 Å². The minimum Gasteiger partial charge on any atom is -0.340 e. The molecule has 0 aliphatic carbocycles. The van der Waals surface area contributed by atoms with Gasteiger partial charge in [0.15, 0.2) is 0 Å². The van der Waals surface area contributed by atoms with Gasteiger partial charge in [-0.2, -0.15) is 4.37 Å². The van der Waals surface area contributed by atoms with Gasteiger partial charge in [0.05, 0.1) is 6.54 Å². The lowest BCUT2D eigenvalue weighted by molar-refractivity contribution is 0.155. The maximum absolute atomic E-state index is 12.3. The molecule has 0 aliphatic rings. The van der Waals surface area contributed by atoms with Crippen molar-refractivity contribution in [1.82, 2.24) is 9.36 Å². The summed E-state index contributed by atoms with van der Waals surface area (Å²) in [7, 11) is 0. The summed E-state index contributed by atoms with van der Waals surface area (Å²) in [5.74, 6) is 0.747. The second kappa shape index (κ2) is 7.11. The van der Waals surface area contributed by atoms with Crippen LogP contribution in [0.5, 0.6) is 0 Å². The molecule has 3 nitrogen and oxygen atoms in total. The molecule has 0 saturated carbocycles. The molecule has 1 rings (SSSR count). The van der Waals surface area contributed by atoms with E-state index in [4.69, 9.17) is 0 Å². The van der Waals surface area contributed by atoms with E-state index >= 15 is 0 Å². The molecule has 0 radical (unpaired) electrons. The summed E-state index contributed by atoms with van der Waals surface area (Å²) in [5, 5.41) is 1.23. The van der Waals surface area contributed by atoms with Gasteiger partial charge < -0.3 is 4.90 Å². The second-order valence-electron chi connectivity index (χ2n) is 3.27. The van der Waals surface area contributed by atoms with Gasteiger partial charge in [0.2, 0.25) is 5.13 Å². The van der Waals surface area contributed by atoms with Gasteiger partial charge in [-0.1, -0.05) is 22.9 Å². The number of halogens is 3. The lowest BCUT2D eigenvalue weighted by atomic mass is 10.3. The van der Waals surface area contributed by atoms with Gasteiger partial charge in [0.1, 0.15) is 5.82 Å². The zero-order valence-electron chi connectivity index (χ0n) is 9.00. The number of alkyl halides is 3. The molecule has 16 heavy (non-hydrogen) atoms. The lowest BCUT2D eigenvalue weighted by Gasteiger charge is -2.19. The molecular formula is C9H14BrF2N3S. The minimum atomic E-state index is -2.35. The van der Waals surface area contributed by atoms with Crippen LogP contribution >= 0.6 is 27.5 Å². The summed E-state index contributed by atoms with van der Waals surface area (Å²) in [6, 6.07) is 0. The average Bonchev–Trinajstić information content (AvgIpc) is 2.66. The van der Waals surface area contributed by atoms with E-state index in [0.29, 0.717) is 17.0 Å². The summed E-state index contributed by atoms with van der Waals surface area (Å²) < 4.78 is 28.8. The van der Waals surface area contributed by atoms with Gasteiger partial charge >= 0.3 is 0 Å². The lowest BCUT2D eigenvalue weighted by Crippen LogP contribution is -2.30. The van der Waals surface area contributed by atoms with Gasteiger partial charge in [-0.05, 0) is 6.42 Å². The van der Waals surface area contributed by atoms with Crippen molar-refractivity contribution in [1.29, 1.82) is 0 Å². The van der Waals surface area contributed by atoms with E-state index < -0.39 is 6.43 Å². The summed E-state index contributed by atoms with van der Waals surface area (Å²) in [6.07, 6.45) is -0.589. The first-order valence-corrected chi connectivity index (χ1v) is 6.98. The summed E-state index contributed by atoms with van der Waals surface area (Å²) in [5.41, 5.74) is 0. The molecule has 0 aliphatic heterocycles. The molecule has 1 aromatic heterocycles. The van der Waals surface area contributed by atoms with Crippen LogP contribution in [0.2, 0.25) is 0 Å². The molecule has 0 amide bonds. The second-order valence-corrected chi connectivity index (χ2v) is 4.79. The first kappa shape index (κ1) is 13.8. The highest BCUT2D eigenvalue weighted by molar-refractivity contribution is 9.09. The van der Waals surface area contributed by atoms with Crippen molar-refractivity contribution < 1.29 is 8.78 Å². The molecule has 0 unspecified atom stereocenters. The van der Waals surface area contributed by atoms with E-state index in [9.17, 15) is 8.78 Å². The van der Waals surface area contributed by atoms with Crippen molar-refractivity contribution in [2.45, 2.75) is 26.2 Å². The summed E-state index contributed by atoms with van der Waals surface area (Å²) in [6.45, 7) is 2.27. The predicted octanol–water partition coefficient (Wildman–Crippen LogP) is 2.96. The third-order valence-electron chi connectivity index (χ3n) is 1.91. The molecule has 1 aromatic rings. The molecule has 0 saturated heterocycles. The van der Waals surface area contributed by atoms with E-state index in [2.05, 4.69) is 25.3 Å². The molecule has 0 spiro atoms. The van der Waals surface area contributed by atoms with Crippen LogP contribution < -0.4 is 4.90 Å². The van der Waals surface area contributed by atoms with Crippen molar-refractivity contribution >= 4 is 32.6 Å². The maximum Gasteiger partial charge on any atom is 0.255 e. The van der Waals surface area contributed by atoms with Gasteiger partial charge in [-0.25, -0.2) is 13.8 Å². The quantitative estimate of drug-likeness (QED) is 0.725. The van der Waals surface area contributed by atoms with E-state index in [0.717, 1.165) is 18.7 Å². The van der Waals surface area contributed by atoms with Crippen LogP contribution in [0.1, 0.15) is 19.2 Å². The minimum absolute atomic E-state index is 0.285. The van der Waals surface area contributed by atoms with Gasteiger partial charge in [-0.3, -0.25) is 0 Å². The Morgan fingerprint density at radius 2 is 2.25 bits per heavy atom. The van der Waals surface area contributed by atoms with Crippen LogP contribution in [0.3, 0.4) is 0 Å². The van der Waals surface area contributed by atoms with Crippen molar-refractivity contribution in [2.24, 2.45) is 0 Å². The highest BCUT2D eigenvalue weighted by atomic mass is 79.9. The largest absolute Gasteiger partial charge is 0.340 e. The number of hydrogen-bond acceptors (Lipinski definition) is 4. The Balaban J connectivity index is 2.67. The Hall–Kier alpha value is -0.300. The van der Waals surface area contributed by atoms with Crippen LogP contribution in [0, 0.1) is 0 Å². The van der Waals surface area contributed by atoms with Crippen LogP contribution in [0.4, 0.5) is 13.9 Å². The molecule has 92 valence electrons. The average molecular weight is 314 g/mol. The fourth-order valence-electron chi connectivity index (χ4n) is 1.23. The number of anilines is 1. The Morgan fingerprint density at radius 3 is 2.81 bits per heavy atom. The van der Waals surface area contributed by atoms with Crippen LogP contribution in [0.15, 0.2) is 0 Å². The molecule has 0 aromatic carbocycles. The highest BCUT2D eigenvalue weighted by Gasteiger charge is 2.16. The molecule has 0 fully saturated rings. The molecule has 0 N–H and O–H groups in total. The maximum atomic E-state index is 12.3. The zero-order valence-corrected chi connectivity index (χ0v) is 11.4. The Bertz CT molecular complexity index is 309. The highest BCUT2D eigenvalue weighted by Crippen LogP contribution is 2.19. The Kier molecular flexibility index (Phi) is 6.12. The molecule has 0 atom stereocenters. The van der Waals surface area contributed by atoms with Crippen molar-refractivity contribution in [3.8, 4) is 0 Å². The normalized spacial score (nSPS) is 11.1. The van der Waals surface area contributed by atoms with E-state index in [-0.39, 0.29) is 6.54 Å². The fourth-order valence-corrected chi connectivity index (χ4v) is 2.41. The van der Waals surface area contributed by atoms with Crippen molar-refractivity contribution in [3.63, 3.8) is 0 Å². The van der Waals surface area contributed by atoms with Crippen LogP contribution in [-0.2, 0) is 6.42 Å². The van der Waals surface area contributed by atoms with Crippen molar-refractivity contribution in [2.75, 3.05) is 23.3 Å². The zero-order chi connectivity index (χ0) is 12.0. The first-order chi connectivity index (χ1) is 7.67. The van der Waals surface area contributed by atoms with Gasteiger partial charge in [0.25, 0.3) is 6.43 Å². The fraction of sp³-hybridized carbons (Fsp3) is 0.778. The van der Waals surface area contributed by atoms with Gasteiger partial charge in [0, 0.05) is 29.8 Å². The molecular weight excluding hydrogens is 300 g/mol. The third kappa shape index (κ3) is 4.29. The van der Waals surface area contributed by atoms with Crippen LogP contribution in [0.25, 0.3) is 0 Å². The standard InChI is InChI=1S/C9H14BrF2N3S/c1-2-3-8-13-9(16-14-8)15(5-4-10)6-7(11)12/h7H,2-6H2,1H3. The smallest absolute Gasteiger partial charge is 0.255 e. The number of rotatable bonds is 7. The van der Waals surface area contributed by atoms with E-state index in [1.54, 1.807) is 4.90 Å². The SMILES string of the molecule is CCCc1nsc(N(CCBr)CC(F)F)n1. The number of nitrogens with zero attached hydrogens (tertiary/aromatic N) is 3. The molecule has 0 bridgehead atoms. The summed E-state index contributed by atoms with van der Waals surface area (Å²) in [4.78, 5) is 5.82. The van der Waals surface area contributed by atoms with Crippen LogP contribution in [-0.4, -0.2) is 34.2 Å². The Morgan fingerprint density at radius 1 is 1.50 bits per heavy atom. The Labute approximate surface area is 106 Å². The third-order valence-corrected chi connectivity index (χ3v) is 3.08. The monoisotopic (exact) mass is 313 g/mol. The van der Waals surface area contributed by atoms with Gasteiger partial charge in [-0.15, -0.1) is 0 Å². The number of aromatic nitrogens is 2. The topological polar surface area (TPSA) is 29.0 Å². The molecule has 1 heterocycles. The molecule has 7 heteroatoms. The summed E-state index contributed by atoms with van der Waals surface area (Å²) >= 11 is 4.43. The van der Waals surface area contributed by atoms with E-state index in [1.807, 2.05) is 6.92 Å². The first-order valence-electron chi connectivity index (χ1n) is 5.09. The number of aryl methyl sites for hydroxylation is 1.